The molecule has 0 bridgehead atoms. The number of methoxy groups -OCH3 is 1. The van der Waals surface area contributed by atoms with Crippen LogP contribution in [0.4, 0.5) is 18.9 Å². The molecule has 0 atom stereocenters. The fraction of sp³-hybridized carbons (Fsp3) is 0.364. The number of rotatable bonds is 5. The molecular formula is C11H12F3NO2. The molecule has 0 saturated carbocycles. The Bertz CT molecular complexity index is 410. The van der Waals surface area contributed by atoms with Gasteiger partial charge < -0.3 is 10.1 Å². The van der Waals surface area contributed by atoms with Crippen LogP contribution in [0.25, 0.3) is 0 Å². The predicted molar refractivity (Wildman–Crippen MR) is 56.1 cm³/mol. The van der Waals surface area contributed by atoms with Crippen molar-refractivity contribution in [2.75, 3.05) is 19.0 Å². The smallest absolute Gasteiger partial charge is 0.305 e. The number of esters is 1. The molecule has 1 aromatic rings. The highest BCUT2D eigenvalue weighted by atomic mass is 19.2. The number of hydrogen-bond acceptors (Lipinski definition) is 3. The largest absolute Gasteiger partial charge is 0.469 e. The van der Waals surface area contributed by atoms with Crippen molar-refractivity contribution in [3.05, 3.63) is 29.6 Å². The average Bonchev–Trinajstić information content (AvgIpc) is 2.30. The first-order valence-electron chi connectivity index (χ1n) is 5.00. The highest BCUT2D eigenvalue weighted by molar-refractivity contribution is 5.69. The third kappa shape index (κ3) is 3.97. The van der Waals surface area contributed by atoms with E-state index < -0.39 is 17.5 Å². The summed E-state index contributed by atoms with van der Waals surface area (Å²) >= 11 is 0. The molecule has 1 N–H and O–H groups in total. The lowest BCUT2D eigenvalue weighted by Gasteiger charge is -2.07. The van der Waals surface area contributed by atoms with E-state index in [1.54, 1.807) is 0 Å². The highest BCUT2D eigenvalue weighted by Crippen LogP contribution is 2.18. The number of carbonyl (C=O) groups excluding carboxylic acids is 1. The molecule has 0 aliphatic carbocycles. The van der Waals surface area contributed by atoms with Gasteiger partial charge in [0.05, 0.1) is 12.8 Å². The van der Waals surface area contributed by atoms with Crippen LogP contribution in [0.5, 0.6) is 0 Å². The number of hydrogen-bond donors (Lipinski definition) is 1. The number of anilines is 1. The Kier molecular flexibility index (Phi) is 4.81. The van der Waals surface area contributed by atoms with Gasteiger partial charge in [0, 0.05) is 25.1 Å². The minimum Gasteiger partial charge on any atom is -0.469 e. The highest BCUT2D eigenvalue weighted by Gasteiger charge is 2.09. The maximum Gasteiger partial charge on any atom is 0.305 e. The summed E-state index contributed by atoms with van der Waals surface area (Å²) in [5.41, 5.74) is -0.131. The normalized spacial score (nSPS) is 10.1. The summed E-state index contributed by atoms with van der Waals surface area (Å²) < 4.78 is 42.9. The van der Waals surface area contributed by atoms with Crippen molar-refractivity contribution >= 4 is 11.7 Å². The molecular weight excluding hydrogens is 235 g/mol. The first-order chi connectivity index (χ1) is 8.04. The summed E-state index contributed by atoms with van der Waals surface area (Å²) in [5.74, 6) is -3.61. The van der Waals surface area contributed by atoms with Crippen LogP contribution >= 0.6 is 0 Å². The Morgan fingerprint density at radius 1 is 1.24 bits per heavy atom. The van der Waals surface area contributed by atoms with E-state index in [-0.39, 0.29) is 24.6 Å². The van der Waals surface area contributed by atoms with Crippen molar-refractivity contribution < 1.29 is 22.7 Å². The van der Waals surface area contributed by atoms with E-state index in [1.165, 1.54) is 7.11 Å². The number of benzene rings is 1. The summed E-state index contributed by atoms with van der Waals surface area (Å²) in [6.07, 6.45) is 0.583. The van der Waals surface area contributed by atoms with Gasteiger partial charge in [0.15, 0.2) is 11.6 Å². The molecule has 0 radical (unpaired) electrons. The minimum atomic E-state index is -1.23. The standard InChI is InChI=1S/C11H12F3NO2/c1-17-11(16)3-2-4-15-10-6-8(13)7(12)5-9(10)14/h5-6,15H,2-4H2,1H3. The fourth-order valence-electron chi connectivity index (χ4n) is 1.22. The van der Waals surface area contributed by atoms with Gasteiger partial charge in [-0.2, -0.15) is 0 Å². The summed E-state index contributed by atoms with van der Waals surface area (Å²) in [4.78, 5) is 10.8. The predicted octanol–water partition coefficient (Wildman–Crippen LogP) is 2.47. The van der Waals surface area contributed by atoms with Crippen molar-refractivity contribution in [3.63, 3.8) is 0 Å². The maximum absolute atomic E-state index is 13.1. The average molecular weight is 247 g/mol. The fourth-order valence-corrected chi connectivity index (χ4v) is 1.22. The van der Waals surface area contributed by atoms with E-state index in [9.17, 15) is 18.0 Å². The van der Waals surface area contributed by atoms with Crippen LogP contribution in [-0.4, -0.2) is 19.6 Å². The molecule has 0 aliphatic heterocycles. The Balaban J connectivity index is 2.47. The van der Waals surface area contributed by atoms with Gasteiger partial charge in [-0.1, -0.05) is 0 Å². The zero-order valence-corrected chi connectivity index (χ0v) is 9.23. The molecule has 0 aromatic heterocycles. The molecule has 3 nitrogen and oxygen atoms in total. The van der Waals surface area contributed by atoms with Crippen LogP contribution in [-0.2, 0) is 9.53 Å². The summed E-state index contributed by atoms with van der Waals surface area (Å²) in [5, 5.41) is 2.57. The first kappa shape index (κ1) is 13.3. The van der Waals surface area contributed by atoms with Gasteiger partial charge in [0.2, 0.25) is 0 Å². The second-order valence-electron chi connectivity index (χ2n) is 3.35. The number of nitrogens with one attached hydrogen (secondary N) is 1. The number of halogens is 3. The zero-order valence-electron chi connectivity index (χ0n) is 9.23. The lowest BCUT2D eigenvalue weighted by atomic mass is 10.2. The Morgan fingerprint density at radius 2 is 1.88 bits per heavy atom. The maximum atomic E-state index is 13.1. The molecule has 0 heterocycles. The molecule has 0 fully saturated rings. The number of carbonyl (C=O) groups is 1. The van der Waals surface area contributed by atoms with Gasteiger partial charge in [0.1, 0.15) is 5.82 Å². The zero-order chi connectivity index (χ0) is 12.8. The topological polar surface area (TPSA) is 38.3 Å². The molecule has 0 spiro atoms. The Labute approximate surface area is 96.6 Å². The molecule has 17 heavy (non-hydrogen) atoms. The molecule has 0 aliphatic rings. The molecule has 1 rings (SSSR count). The van der Waals surface area contributed by atoms with Gasteiger partial charge in [-0.25, -0.2) is 13.2 Å². The quantitative estimate of drug-likeness (QED) is 0.493. The monoisotopic (exact) mass is 247 g/mol. The number of ether oxygens (including phenoxy) is 1. The van der Waals surface area contributed by atoms with E-state index in [1.807, 2.05) is 0 Å². The lowest BCUT2D eigenvalue weighted by molar-refractivity contribution is -0.140. The van der Waals surface area contributed by atoms with Crippen LogP contribution in [0.15, 0.2) is 12.1 Å². The molecule has 94 valence electrons. The van der Waals surface area contributed by atoms with Gasteiger partial charge in [-0.3, -0.25) is 4.79 Å². The van der Waals surface area contributed by atoms with Crippen molar-refractivity contribution in [1.29, 1.82) is 0 Å². The van der Waals surface area contributed by atoms with E-state index in [0.717, 1.165) is 6.07 Å². The summed E-state index contributed by atoms with van der Waals surface area (Å²) in [6, 6.07) is 1.21. The Morgan fingerprint density at radius 3 is 2.53 bits per heavy atom. The minimum absolute atomic E-state index is 0.131. The van der Waals surface area contributed by atoms with Crippen LogP contribution < -0.4 is 5.32 Å². The second-order valence-corrected chi connectivity index (χ2v) is 3.35. The van der Waals surface area contributed by atoms with Gasteiger partial charge in [-0.05, 0) is 6.42 Å². The van der Waals surface area contributed by atoms with Crippen LogP contribution in [0.3, 0.4) is 0 Å². The third-order valence-corrected chi connectivity index (χ3v) is 2.11. The van der Waals surface area contributed by atoms with Crippen LogP contribution in [0, 0.1) is 17.5 Å². The second kappa shape index (κ2) is 6.12. The van der Waals surface area contributed by atoms with Crippen molar-refractivity contribution in [2.24, 2.45) is 0 Å². The SMILES string of the molecule is COC(=O)CCCNc1cc(F)c(F)cc1F. The molecule has 0 unspecified atom stereocenters. The van der Waals surface area contributed by atoms with Gasteiger partial charge in [0.25, 0.3) is 0 Å². The Hall–Kier alpha value is -1.72. The van der Waals surface area contributed by atoms with E-state index >= 15 is 0 Å². The van der Waals surface area contributed by atoms with Gasteiger partial charge >= 0.3 is 5.97 Å². The molecule has 6 heteroatoms. The van der Waals surface area contributed by atoms with Crippen LogP contribution in [0.1, 0.15) is 12.8 Å². The summed E-state index contributed by atoms with van der Waals surface area (Å²) in [6.45, 7) is 0.261. The van der Waals surface area contributed by atoms with E-state index in [2.05, 4.69) is 10.1 Å². The van der Waals surface area contributed by atoms with E-state index in [4.69, 9.17) is 0 Å². The molecule has 0 amide bonds. The van der Waals surface area contributed by atoms with Crippen LogP contribution in [0.2, 0.25) is 0 Å². The molecule has 0 saturated heterocycles. The third-order valence-electron chi connectivity index (χ3n) is 2.11. The molecule has 1 aromatic carbocycles. The first-order valence-corrected chi connectivity index (χ1v) is 5.00. The van der Waals surface area contributed by atoms with Crippen molar-refractivity contribution in [2.45, 2.75) is 12.8 Å². The lowest BCUT2D eigenvalue weighted by Crippen LogP contribution is -2.08. The van der Waals surface area contributed by atoms with Crippen molar-refractivity contribution in [1.82, 2.24) is 0 Å². The van der Waals surface area contributed by atoms with Gasteiger partial charge in [-0.15, -0.1) is 0 Å². The van der Waals surface area contributed by atoms with E-state index in [0.29, 0.717) is 12.5 Å². The van der Waals surface area contributed by atoms with Crippen molar-refractivity contribution in [3.8, 4) is 0 Å². The summed E-state index contributed by atoms with van der Waals surface area (Å²) in [7, 11) is 1.27.